The Kier molecular flexibility index (Phi) is 2.41. The van der Waals surface area contributed by atoms with Crippen molar-refractivity contribution in [3.8, 4) is 11.1 Å². The van der Waals surface area contributed by atoms with E-state index in [4.69, 9.17) is 0 Å². The molecule has 0 unspecified atom stereocenters. The van der Waals surface area contributed by atoms with Crippen LogP contribution in [0.4, 0.5) is 0 Å². The summed E-state index contributed by atoms with van der Waals surface area (Å²) < 4.78 is 1.03. The normalized spacial score (nSPS) is 9.92. The molecule has 0 atom stereocenters. The third-order valence-corrected chi connectivity index (χ3v) is 2.49. The number of benzene rings is 1. The number of pyridine rings is 1. The second kappa shape index (κ2) is 3.71. The van der Waals surface area contributed by atoms with Crippen molar-refractivity contribution in [2.75, 3.05) is 0 Å². The summed E-state index contributed by atoms with van der Waals surface area (Å²) in [4.78, 5) is 4.02. The third-order valence-electron chi connectivity index (χ3n) is 1.86. The molecule has 0 N–H and O–H groups in total. The van der Waals surface area contributed by atoms with E-state index in [1.165, 1.54) is 11.1 Å². The number of aromatic nitrogens is 1. The molecule has 0 aliphatic rings. The van der Waals surface area contributed by atoms with E-state index in [1.54, 1.807) is 6.20 Å². The maximum absolute atomic E-state index is 4.02. The van der Waals surface area contributed by atoms with Gasteiger partial charge in [0.05, 0.1) is 0 Å². The largest absolute Gasteiger partial charge is 0.264 e. The predicted octanol–water partition coefficient (Wildman–Crippen LogP) is 3.51. The van der Waals surface area contributed by atoms with Crippen molar-refractivity contribution in [2.24, 2.45) is 0 Å². The first kappa shape index (κ1) is 8.45. The van der Waals surface area contributed by atoms with E-state index in [0.29, 0.717) is 0 Å². The maximum Gasteiger partial charge on any atom is 0.0437 e. The Hall–Kier alpha value is -1.15. The molecule has 0 aliphatic carbocycles. The van der Waals surface area contributed by atoms with Gasteiger partial charge in [-0.25, -0.2) is 0 Å². The number of hydrogen-bond acceptors (Lipinski definition) is 1. The van der Waals surface area contributed by atoms with Gasteiger partial charge in [0, 0.05) is 16.9 Å². The van der Waals surface area contributed by atoms with E-state index < -0.39 is 0 Å². The maximum atomic E-state index is 4.02. The van der Waals surface area contributed by atoms with Gasteiger partial charge < -0.3 is 0 Å². The van der Waals surface area contributed by atoms with Gasteiger partial charge in [0.15, 0.2) is 0 Å². The third kappa shape index (κ3) is 1.78. The van der Waals surface area contributed by atoms with E-state index in [2.05, 4.69) is 33.0 Å². The first-order valence-electron chi connectivity index (χ1n) is 4.03. The van der Waals surface area contributed by atoms with Gasteiger partial charge in [-0.1, -0.05) is 30.3 Å². The standard InChI is InChI=1S/C11H8BrN/c12-11-8-13-7-6-10(11)9-4-2-1-3-5-9/h1-8H. The molecular weight excluding hydrogens is 226 g/mol. The van der Waals surface area contributed by atoms with Crippen LogP contribution >= 0.6 is 15.9 Å². The number of hydrogen-bond donors (Lipinski definition) is 0. The van der Waals surface area contributed by atoms with Crippen LogP contribution in [0.5, 0.6) is 0 Å². The Labute approximate surface area is 85.6 Å². The average Bonchev–Trinajstić information content (AvgIpc) is 2.20. The molecule has 0 saturated heterocycles. The van der Waals surface area contributed by atoms with Crippen LogP contribution in [0.25, 0.3) is 11.1 Å². The average molecular weight is 234 g/mol. The molecule has 0 amide bonds. The molecule has 0 saturated carbocycles. The van der Waals surface area contributed by atoms with E-state index in [0.717, 1.165) is 4.47 Å². The Balaban J connectivity index is 2.54. The molecule has 1 heterocycles. The minimum Gasteiger partial charge on any atom is -0.264 e. The second-order valence-corrected chi connectivity index (χ2v) is 3.58. The summed E-state index contributed by atoms with van der Waals surface area (Å²) in [5, 5.41) is 0. The van der Waals surface area contributed by atoms with Gasteiger partial charge in [-0.2, -0.15) is 0 Å². The number of nitrogens with zero attached hydrogens (tertiary/aromatic N) is 1. The quantitative estimate of drug-likeness (QED) is 0.735. The summed E-state index contributed by atoms with van der Waals surface area (Å²) in [7, 11) is 0. The lowest BCUT2D eigenvalue weighted by atomic mass is 10.1. The lowest BCUT2D eigenvalue weighted by molar-refractivity contribution is 1.31. The highest BCUT2D eigenvalue weighted by Crippen LogP contribution is 2.26. The number of rotatable bonds is 1. The van der Waals surface area contributed by atoms with Gasteiger partial charge in [-0.3, -0.25) is 4.98 Å². The van der Waals surface area contributed by atoms with Crippen LogP contribution in [0.15, 0.2) is 53.3 Å². The predicted molar refractivity (Wildman–Crippen MR) is 57.4 cm³/mol. The Bertz CT molecular complexity index is 398. The van der Waals surface area contributed by atoms with Crippen molar-refractivity contribution in [1.82, 2.24) is 4.98 Å². The summed E-state index contributed by atoms with van der Waals surface area (Å²) in [5.74, 6) is 0. The van der Waals surface area contributed by atoms with Gasteiger partial charge in [0.2, 0.25) is 0 Å². The van der Waals surface area contributed by atoms with Crippen LogP contribution < -0.4 is 0 Å². The SMILES string of the molecule is Brc1cnccc1-c1ccccc1. The molecule has 64 valence electrons. The summed E-state index contributed by atoms with van der Waals surface area (Å²) in [5.41, 5.74) is 2.38. The molecule has 2 heteroatoms. The van der Waals surface area contributed by atoms with Gasteiger partial charge >= 0.3 is 0 Å². The van der Waals surface area contributed by atoms with Gasteiger partial charge in [-0.05, 0) is 33.1 Å². The Morgan fingerprint density at radius 2 is 1.77 bits per heavy atom. The van der Waals surface area contributed by atoms with Crippen LogP contribution in [-0.4, -0.2) is 4.98 Å². The Morgan fingerprint density at radius 1 is 1.00 bits per heavy atom. The fourth-order valence-electron chi connectivity index (χ4n) is 1.23. The van der Waals surface area contributed by atoms with Crippen molar-refractivity contribution >= 4 is 15.9 Å². The van der Waals surface area contributed by atoms with E-state index in [1.807, 2.05) is 30.5 Å². The molecule has 13 heavy (non-hydrogen) atoms. The van der Waals surface area contributed by atoms with Crippen LogP contribution in [0.3, 0.4) is 0 Å². The fraction of sp³-hybridized carbons (Fsp3) is 0. The molecule has 1 nitrogen and oxygen atoms in total. The van der Waals surface area contributed by atoms with Gasteiger partial charge in [-0.15, -0.1) is 0 Å². The smallest absolute Gasteiger partial charge is 0.0437 e. The zero-order chi connectivity index (χ0) is 9.10. The van der Waals surface area contributed by atoms with Crippen molar-refractivity contribution in [1.29, 1.82) is 0 Å². The minimum absolute atomic E-state index is 1.03. The molecule has 2 rings (SSSR count). The first-order chi connectivity index (χ1) is 6.38. The van der Waals surface area contributed by atoms with Crippen molar-refractivity contribution in [3.63, 3.8) is 0 Å². The molecule has 0 fully saturated rings. The molecule has 0 spiro atoms. The van der Waals surface area contributed by atoms with Gasteiger partial charge in [0.1, 0.15) is 0 Å². The van der Waals surface area contributed by atoms with Gasteiger partial charge in [0.25, 0.3) is 0 Å². The summed E-state index contributed by atoms with van der Waals surface area (Å²) in [6.45, 7) is 0. The lowest BCUT2D eigenvalue weighted by Crippen LogP contribution is -1.79. The molecule has 2 aromatic rings. The highest BCUT2D eigenvalue weighted by Gasteiger charge is 1.99. The second-order valence-electron chi connectivity index (χ2n) is 2.72. The topological polar surface area (TPSA) is 12.9 Å². The van der Waals surface area contributed by atoms with E-state index >= 15 is 0 Å². The van der Waals surface area contributed by atoms with Crippen molar-refractivity contribution < 1.29 is 0 Å². The van der Waals surface area contributed by atoms with Crippen LogP contribution in [0, 0.1) is 0 Å². The monoisotopic (exact) mass is 233 g/mol. The van der Waals surface area contributed by atoms with E-state index in [-0.39, 0.29) is 0 Å². The lowest BCUT2D eigenvalue weighted by Gasteiger charge is -2.02. The van der Waals surface area contributed by atoms with Crippen molar-refractivity contribution in [3.05, 3.63) is 53.3 Å². The molecule has 0 aliphatic heterocycles. The van der Waals surface area contributed by atoms with Crippen LogP contribution in [0.1, 0.15) is 0 Å². The zero-order valence-electron chi connectivity index (χ0n) is 6.94. The van der Waals surface area contributed by atoms with E-state index in [9.17, 15) is 0 Å². The summed E-state index contributed by atoms with van der Waals surface area (Å²) >= 11 is 3.47. The van der Waals surface area contributed by atoms with Crippen LogP contribution in [0.2, 0.25) is 0 Å². The highest BCUT2D eigenvalue weighted by molar-refractivity contribution is 9.10. The molecule has 1 aromatic heterocycles. The highest BCUT2D eigenvalue weighted by atomic mass is 79.9. The van der Waals surface area contributed by atoms with Crippen LogP contribution in [-0.2, 0) is 0 Å². The Morgan fingerprint density at radius 3 is 2.46 bits per heavy atom. The molecule has 0 bridgehead atoms. The summed E-state index contributed by atoms with van der Waals surface area (Å²) in [6.07, 6.45) is 3.61. The molecule has 1 aromatic carbocycles. The fourth-order valence-corrected chi connectivity index (χ4v) is 1.71. The zero-order valence-corrected chi connectivity index (χ0v) is 8.53. The molecule has 0 radical (unpaired) electrons. The molecular formula is C11H8BrN. The minimum atomic E-state index is 1.03. The first-order valence-corrected chi connectivity index (χ1v) is 4.82. The summed E-state index contributed by atoms with van der Waals surface area (Å²) in [6, 6.07) is 12.2. The number of halogens is 1. The van der Waals surface area contributed by atoms with Crippen molar-refractivity contribution in [2.45, 2.75) is 0 Å².